The number of thioether (sulfide) groups is 1. The highest BCUT2D eigenvalue weighted by atomic mass is 35.5. The first-order valence-corrected chi connectivity index (χ1v) is 8.86. The van der Waals surface area contributed by atoms with Crippen molar-refractivity contribution in [3.05, 3.63) is 35.4 Å². The van der Waals surface area contributed by atoms with Crippen LogP contribution in [0.3, 0.4) is 0 Å². The molecular formula is C16H25Cl2N3OS. The molecule has 1 amide bonds. The lowest BCUT2D eigenvalue weighted by atomic mass is 10.1. The van der Waals surface area contributed by atoms with E-state index < -0.39 is 0 Å². The van der Waals surface area contributed by atoms with E-state index in [-0.39, 0.29) is 36.8 Å². The van der Waals surface area contributed by atoms with Gasteiger partial charge in [-0.3, -0.25) is 15.0 Å². The minimum absolute atomic E-state index is 0. The second-order valence-electron chi connectivity index (χ2n) is 5.74. The average Bonchev–Trinajstić information content (AvgIpc) is 3.19. The third-order valence-electron chi connectivity index (χ3n) is 4.20. The summed E-state index contributed by atoms with van der Waals surface area (Å²) in [7, 11) is 0. The van der Waals surface area contributed by atoms with Crippen LogP contribution in [0.5, 0.6) is 0 Å². The van der Waals surface area contributed by atoms with Crippen LogP contribution in [0.15, 0.2) is 24.3 Å². The van der Waals surface area contributed by atoms with Crippen molar-refractivity contribution in [3.63, 3.8) is 0 Å². The maximum absolute atomic E-state index is 12.1. The Hall–Kier alpha value is -0.460. The minimum atomic E-state index is -0.0271. The quantitative estimate of drug-likeness (QED) is 0.826. The SMILES string of the molecule is Cl.Cl.O=C(NCc1ccccc1CN1CCCC1)C1CSCN1. The molecule has 23 heavy (non-hydrogen) atoms. The van der Waals surface area contributed by atoms with Gasteiger partial charge in [-0.2, -0.15) is 0 Å². The Kier molecular flexibility index (Phi) is 9.32. The molecule has 1 aromatic rings. The molecule has 2 aliphatic heterocycles. The summed E-state index contributed by atoms with van der Waals surface area (Å²) >= 11 is 1.78. The summed E-state index contributed by atoms with van der Waals surface area (Å²) in [6.45, 7) is 4.03. The molecule has 0 saturated carbocycles. The van der Waals surface area contributed by atoms with Crippen LogP contribution in [0.25, 0.3) is 0 Å². The van der Waals surface area contributed by atoms with Crippen molar-refractivity contribution in [3.8, 4) is 0 Å². The first-order chi connectivity index (χ1) is 10.3. The second kappa shape index (κ2) is 10.4. The lowest BCUT2D eigenvalue weighted by Crippen LogP contribution is -2.41. The number of amides is 1. The maximum Gasteiger partial charge on any atom is 0.238 e. The summed E-state index contributed by atoms with van der Waals surface area (Å²) in [6, 6.07) is 8.43. The fourth-order valence-corrected chi connectivity index (χ4v) is 3.88. The highest BCUT2D eigenvalue weighted by Gasteiger charge is 2.22. The zero-order chi connectivity index (χ0) is 14.5. The molecule has 0 aromatic heterocycles. The van der Waals surface area contributed by atoms with Gasteiger partial charge < -0.3 is 5.32 Å². The van der Waals surface area contributed by atoms with E-state index in [0.717, 1.165) is 18.2 Å². The standard InChI is InChI=1S/C16H23N3OS.2ClH/c20-16(15-11-21-12-18-15)17-9-13-5-1-2-6-14(13)10-19-7-3-4-8-19;;/h1-2,5-6,15,18H,3-4,7-12H2,(H,17,20);2*1H. The van der Waals surface area contributed by atoms with Crippen molar-refractivity contribution in [1.82, 2.24) is 15.5 Å². The number of carbonyl (C=O) groups is 1. The van der Waals surface area contributed by atoms with Gasteiger partial charge in [0.05, 0.1) is 6.04 Å². The largest absolute Gasteiger partial charge is 0.351 e. The van der Waals surface area contributed by atoms with Gasteiger partial charge in [-0.1, -0.05) is 24.3 Å². The third-order valence-corrected chi connectivity index (χ3v) is 5.14. The Balaban J connectivity index is 0.00000132. The summed E-state index contributed by atoms with van der Waals surface area (Å²) in [5, 5.41) is 6.28. The number of nitrogens with zero attached hydrogens (tertiary/aromatic N) is 1. The molecule has 0 bridgehead atoms. The fourth-order valence-electron chi connectivity index (χ4n) is 2.93. The molecule has 0 spiro atoms. The molecule has 1 atom stereocenters. The van der Waals surface area contributed by atoms with Gasteiger partial charge >= 0.3 is 0 Å². The molecule has 3 rings (SSSR count). The van der Waals surface area contributed by atoms with E-state index in [9.17, 15) is 4.79 Å². The van der Waals surface area contributed by atoms with Crippen molar-refractivity contribution in [1.29, 1.82) is 0 Å². The summed E-state index contributed by atoms with van der Waals surface area (Å²) in [5.74, 6) is 1.88. The third kappa shape index (κ3) is 5.84. The summed E-state index contributed by atoms with van der Waals surface area (Å²) < 4.78 is 0. The lowest BCUT2D eigenvalue weighted by Gasteiger charge is -2.18. The lowest BCUT2D eigenvalue weighted by molar-refractivity contribution is -0.122. The van der Waals surface area contributed by atoms with Crippen LogP contribution in [0, 0.1) is 0 Å². The first-order valence-electron chi connectivity index (χ1n) is 7.71. The second-order valence-corrected chi connectivity index (χ2v) is 6.77. The number of hydrogen-bond donors (Lipinski definition) is 2. The first kappa shape index (κ1) is 20.6. The van der Waals surface area contributed by atoms with Crippen molar-refractivity contribution in [2.24, 2.45) is 0 Å². The number of halogens is 2. The van der Waals surface area contributed by atoms with Crippen LogP contribution < -0.4 is 10.6 Å². The van der Waals surface area contributed by atoms with Crippen LogP contribution >= 0.6 is 36.6 Å². The Morgan fingerprint density at radius 3 is 2.57 bits per heavy atom. The molecule has 0 radical (unpaired) electrons. The van der Waals surface area contributed by atoms with E-state index >= 15 is 0 Å². The van der Waals surface area contributed by atoms with Crippen LogP contribution in [-0.2, 0) is 17.9 Å². The normalized spacial score (nSPS) is 20.6. The van der Waals surface area contributed by atoms with Crippen LogP contribution in [-0.4, -0.2) is 41.6 Å². The summed E-state index contributed by atoms with van der Waals surface area (Å²) in [5.41, 5.74) is 2.58. The molecular weight excluding hydrogens is 353 g/mol. The predicted octanol–water partition coefficient (Wildman–Crippen LogP) is 2.40. The van der Waals surface area contributed by atoms with Gasteiger partial charge in [0, 0.05) is 24.7 Å². The highest BCUT2D eigenvalue weighted by Crippen LogP contribution is 2.16. The number of rotatable bonds is 5. The highest BCUT2D eigenvalue weighted by molar-refractivity contribution is 7.99. The van der Waals surface area contributed by atoms with Gasteiger partial charge in [-0.25, -0.2) is 0 Å². The molecule has 7 heteroatoms. The average molecular weight is 378 g/mol. The fraction of sp³-hybridized carbons (Fsp3) is 0.562. The van der Waals surface area contributed by atoms with E-state index in [2.05, 4.69) is 39.8 Å². The molecule has 1 aromatic carbocycles. The molecule has 2 aliphatic rings. The zero-order valence-corrected chi connectivity index (χ0v) is 15.6. The maximum atomic E-state index is 12.1. The van der Waals surface area contributed by atoms with Gasteiger partial charge in [0.15, 0.2) is 0 Å². The van der Waals surface area contributed by atoms with Gasteiger partial charge in [-0.15, -0.1) is 36.6 Å². The molecule has 4 nitrogen and oxygen atoms in total. The zero-order valence-electron chi connectivity index (χ0n) is 13.1. The molecule has 0 aliphatic carbocycles. The molecule has 2 heterocycles. The van der Waals surface area contributed by atoms with Gasteiger partial charge in [0.1, 0.15) is 0 Å². The number of carbonyl (C=O) groups excluding carboxylic acids is 1. The van der Waals surface area contributed by atoms with Gasteiger partial charge in [0.2, 0.25) is 5.91 Å². The van der Waals surface area contributed by atoms with E-state index in [1.165, 1.54) is 37.1 Å². The van der Waals surface area contributed by atoms with E-state index in [4.69, 9.17) is 0 Å². The molecule has 2 N–H and O–H groups in total. The Labute approximate surface area is 155 Å². The number of benzene rings is 1. The number of hydrogen-bond acceptors (Lipinski definition) is 4. The number of likely N-dealkylation sites (tertiary alicyclic amines) is 1. The smallest absolute Gasteiger partial charge is 0.238 e. The topological polar surface area (TPSA) is 44.4 Å². The van der Waals surface area contributed by atoms with Crippen molar-refractivity contribution >= 4 is 42.5 Å². The van der Waals surface area contributed by atoms with Gasteiger partial charge in [-0.05, 0) is 37.1 Å². The van der Waals surface area contributed by atoms with Crippen molar-refractivity contribution in [2.45, 2.75) is 32.0 Å². The summed E-state index contributed by atoms with van der Waals surface area (Å²) in [4.78, 5) is 14.6. The molecule has 2 saturated heterocycles. The Morgan fingerprint density at radius 1 is 1.22 bits per heavy atom. The molecule has 1 unspecified atom stereocenters. The van der Waals surface area contributed by atoms with Crippen molar-refractivity contribution in [2.75, 3.05) is 24.7 Å². The molecule has 2 fully saturated rings. The van der Waals surface area contributed by atoms with E-state index in [0.29, 0.717) is 6.54 Å². The van der Waals surface area contributed by atoms with Crippen LogP contribution in [0.1, 0.15) is 24.0 Å². The minimum Gasteiger partial charge on any atom is -0.351 e. The summed E-state index contributed by atoms with van der Waals surface area (Å²) in [6.07, 6.45) is 2.62. The van der Waals surface area contributed by atoms with Crippen LogP contribution in [0.2, 0.25) is 0 Å². The monoisotopic (exact) mass is 377 g/mol. The molecule has 130 valence electrons. The Morgan fingerprint density at radius 2 is 1.91 bits per heavy atom. The predicted molar refractivity (Wildman–Crippen MR) is 102 cm³/mol. The van der Waals surface area contributed by atoms with Gasteiger partial charge in [0.25, 0.3) is 0 Å². The van der Waals surface area contributed by atoms with E-state index in [1.807, 2.05) is 0 Å². The number of nitrogens with one attached hydrogen (secondary N) is 2. The van der Waals surface area contributed by atoms with Crippen LogP contribution in [0.4, 0.5) is 0 Å². The Bertz CT molecular complexity index is 492. The van der Waals surface area contributed by atoms with Crippen molar-refractivity contribution < 1.29 is 4.79 Å². The van der Waals surface area contributed by atoms with E-state index in [1.54, 1.807) is 11.8 Å².